The molecule has 1 amide bonds. The van der Waals surface area contributed by atoms with Crippen LogP contribution in [0, 0.1) is 0 Å². The lowest BCUT2D eigenvalue weighted by molar-refractivity contribution is 0.0525. The van der Waals surface area contributed by atoms with Gasteiger partial charge in [-0.25, -0.2) is 9.97 Å². The van der Waals surface area contributed by atoms with Crippen molar-refractivity contribution in [2.24, 2.45) is 7.05 Å². The lowest BCUT2D eigenvalue weighted by Gasteiger charge is -2.33. The zero-order valence-electron chi connectivity index (χ0n) is 15.5. The van der Waals surface area contributed by atoms with E-state index in [4.69, 9.17) is 9.47 Å². The fraction of sp³-hybridized carbons (Fsp3) is 0.529. The first-order valence-corrected chi connectivity index (χ1v) is 8.51. The highest BCUT2D eigenvalue weighted by molar-refractivity contribution is 5.96. The van der Waals surface area contributed by atoms with Gasteiger partial charge in [-0.15, -0.1) is 5.10 Å². The summed E-state index contributed by atoms with van der Waals surface area (Å²) in [4.78, 5) is 25.1. The summed E-state index contributed by atoms with van der Waals surface area (Å²) < 4.78 is 12.8. The molecule has 1 aliphatic rings. The number of aromatic nitrogens is 4. The van der Waals surface area contributed by atoms with Crippen molar-refractivity contribution < 1.29 is 14.3 Å². The second-order valence-electron chi connectivity index (χ2n) is 6.44. The molecule has 1 atom stereocenters. The molecule has 1 fully saturated rings. The molecule has 0 aliphatic carbocycles. The monoisotopic (exact) mass is 360 g/mol. The van der Waals surface area contributed by atoms with Crippen LogP contribution in [0.3, 0.4) is 0 Å². The van der Waals surface area contributed by atoms with Crippen LogP contribution in [0.4, 0.5) is 5.82 Å². The molecule has 9 heteroatoms. The number of carbonyl (C=O) groups is 1. The maximum absolute atomic E-state index is 12.9. The van der Waals surface area contributed by atoms with Crippen LogP contribution in [0.2, 0.25) is 0 Å². The Labute approximate surface area is 152 Å². The molecule has 0 saturated carbocycles. The van der Waals surface area contributed by atoms with Gasteiger partial charge in [0.1, 0.15) is 11.7 Å². The van der Waals surface area contributed by atoms with Crippen molar-refractivity contribution in [3.8, 4) is 11.8 Å². The molecule has 1 saturated heterocycles. The number of ether oxygens (including phenoxy) is 2. The molecule has 26 heavy (non-hydrogen) atoms. The third-order valence-corrected chi connectivity index (χ3v) is 4.23. The summed E-state index contributed by atoms with van der Waals surface area (Å²) in [7, 11) is 7.06. The highest BCUT2D eigenvalue weighted by Crippen LogP contribution is 2.25. The molecule has 1 aliphatic heterocycles. The van der Waals surface area contributed by atoms with Crippen molar-refractivity contribution in [3.63, 3.8) is 0 Å². The zero-order valence-corrected chi connectivity index (χ0v) is 15.5. The Morgan fingerprint density at radius 3 is 2.77 bits per heavy atom. The first-order chi connectivity index (χ1) is 12.5. The number of rotatable bonds is 5. The maximum atomic E-state index is 12.9. The van der Waals surface area contributed by atoms with E-state index in [1.807, 2.05) is 19.0 Å². The van der Waals surface area contributed by atoms with E-state index in [2.05, 4.69) is 15.1 Å². The van der Waals surface area contributed by atoms with E-state index in [0.717, 1.165) is 12.8 Å². The Kier molecular flexibility index (Phi) is 5.24. The molecule has 2 aromatic heterocycles. The number of anilines is 1. The minimum absolute atomic E-state index is 0.102. The first kappa shape index (κ1) is 18.0. The number of nitrogens with zero attached hydrogens (tertiary/aromatic N) is 6. The molecule has 0 spiro atoms. The molecule has 0 aromatic carbocycles. The smallest absolute Gasteiger partial charge is 0.261 e. The molecule has 140 valence electrons. The number of hydrogen-bond acceptors (Lipinski definition) is 7. The van der Waals surface area contributed by atoms with Crippen LogP contribution in [-0.4, -0.2) is 71.0 Å². The van der Waals surface area contributed by atoms with Crippen molar-refractivity contribution in [1.82, 2.24) is 24.6 Å². The summed E-state index contributed by atoms with van der Waals surface area (Å²) in [5.74, 6) is 1.39. The second-order valence-corrected chi connectivity index (χ2v) is 6.44. The zero-order chi connectivity index (χ0) is 18.7. The summed E-state index contributed by atoms with van der Waals surface area (Å²) >= 11 is 0. The molecule has 0 unspecified atom stereocenters. The van der Waals surface area contributed by atoms with E-state index in [9.17, 15) is 4.79 Å². The van der Waals surface area contributed by atoms with E-state index in [1.165, 1.54) is 7.11 Å². The van der Waals surface area contributed by atoms with Gasteiger partial charge >= 0.3 is 0 Å². The van der Waals surface area contributed by atoms with E-state index in [0.29, 0.717) is 36.2 Å². The van der Waals surface area contributed by atoms with E-state index >= 15 is 0 Å². The van der Waals surface area contributed by atoms with Gasteiger partial charge in [-0.3, -0.25) is 9.48 Å². The molecule has 2 aromatic rings. The molecular formula is C17H24N6O3. The van der Waals surface area contributed by atoms with Crippen LogP contribution < -0.4 is 14.4 Å². The summed E-state index contributed by atoms with van der Waals surface area (Å²) in [5.41, 5.74) is 0.462. The van der Waals surface area contributed by atoms with Crippen molar-refractivity contribution in [1.29, 1.82) is 0 Å². The SMILES string of the molecule is COc1nn(C)cc1C(=O)N1CCC[C@H](Oc2nccnc2N(C)C)C1. The fourth-order valence-electron chi connectivity index (χ4n) is 3.02. The Balaban J connectivity index is 1.72. The van der Waals surface area contributed by atoms with Gasteiger partial charge in [0.25, 0.3) is 11.8 Å². The highest BCUT2D eigenvalue weighted by Gasteiger charge is 2.29. The summed E-state index contributed by atoms with van der Waals surface area (Å²) in [6, 6.07) is 0. The molecule has 3 heterocycles. The molecule has 0 bridgehead atoms. The Hall–Kier alpha value is -2.84. The number of aryl methyl sites for hydroxylation is 1. The number of methoxy groups -OCH3 is 1. The fourth-order valence-corrected chi connectivity index (χ4v) is 3.02. The van der Waals surface area contributed by atoms with Gasteiger partial charge in [-0.1, -0.05) is 0 Å². The highest BCUT2D eigenvalue weighted by atomic mass is 16.5. The van der Waals surface area contributed by atoms with Crippen LogP contribution in [-0.2, 0) is 7.05 Å². The lowest BCUT2D eigenvalue weighted by atomic mass is 10.1. The van der Waals surface area contributed by atoms with E-state index in [1.54, 1.807) is 35.2 Å². The van der Waals surface area contributed by atoms with Gasteiger partial charge in [-0.05, 0) is 12.8 Å². The van der Waals surface area contributed by atoms with Crippen LogP contribution in [0.15, 0.2) is 18.6 Å². The molecular weight excluding hydrogens is 336 g/mol. The van der Waals surface area contributed by atoms with Crippen LogP contribution in [0.25, 0.3) is 0 Å². The van der Waals surface area contributed by atoms with Crippen molar-refractivity contribution in [2.45, 2.75) is 18.9 Å². The average Bonchev–Trinajstić information content (AvgIpc) is 3.02. The molecule has 3 rings (SSSR count). The van der Waals surface area contributed by atoms with Gasteiger partial charge in [0.15, 0.2) is 5.82 Å². The largest absolute Gasteiger partial charge is 0.479 e. The topological polar surface area (TPSA) is 85.6 Å². The number of amides is 1. The predicted octanol–water partition coefficient (Wildman–Crippen LogP) is 0.968. The Morgan fingerprint density at radius 2 is 2.04 bits per heavy atom. The summed E-state index contributed by atoms with van der Waals surface area (Å²) in [6.45, 7) is 1.16. The van der Waals surface area contributed by atoms with Crippen LogP contribution in [0.5, 0.6) is 11.8 Å². The number of hydrogen-bond donors (Lipinski definition) is 0. The first-order valence-electron chi connectivity index (χ1n) is 8.51. The van der Waals surface area contributed by atoms with Crippen molar-refractivity contribution >= 4 is 11.7 Å². The Morgan fingerprint density at radius 1 is 1.27 bits per heavy atom. The van der Waals surface area contributed by atoms with Gasteiger partial charge in [0.2, 0.25) is 5.88 Å². The van der Waals surface area contributed by atoms with Crippen molar-refractivity contribution in [3.05, 3.63) is 24.2 Å². The predicted molar refractivity (Wildman–Crippen MR) is 95.7 cm³/mol. The lowest BCUT2D eigenvalue weighted by Crippen LogP contribution is -2.44. The molecule has 0 N–H and O–H groups in total. The van der Waals surface area contributed by atoms with Gasteiger partial charge in [0.05, 0.1) is 13.7 Å². The summed E-state index contributed by atoms with van der Waals surface area (Å²) in [5, 5.41) is 4.15. The number of carbonyl (C=O) groups excluding carboxylic acids is 1. The Bertz CT molecular complexity index is 776. The van der Waals surface area contributed by atoms with Gasteiger partial charge < -0.3 is 19.3 Å². The summed E-state index contributed by atoms with van der Waals surface area (Å²) in [6.07, 6.45) is 6.50. The minimum Gasteiger partial charge on any atom is -0.479 e. The second kappa shape index (κ2) is 7.59. The number of likely N-dealkylation sites (tertiary alicyclic amines) is 1. The van der Waals surface area contributed by atoms with Crippen LogP contribution >= 0.6 is 0 Å². The minimum atomic E-state index is -0.134. The van der Waals surface area contributed by atoms with E-state index in [-0.39, 0.29) is 12.0 Å². The number of piperidine rings is 1. The third-order valence-electron chi connectivity index (χ3n) is 4.23. The van der Waals surface area contributed by atoms with Gasteiger partial charge in [-0.2, -0.15) is 0 Å². The van der Waals surface area contributed by atoms with Crippen molar-refractivity contribution in [2.75, 3.05) is 39.2 Å². The standard InChI is InChI=1S/C17H24N6O3/c1-21(2)14-16(19-8-7-18-14)26-12-6-5-9-23(10-12)17(24)13-11-22(3)20-15(13)25-4/h7-8,11-12H,5-6,9-10H2,1-4H3/t12-/m0/s1. The molecule has 9 nitrogen and oxygen atoms in total. The quantitative estimate of drug-likeness (QED) is 0.785. The maximum Gasteiger partial charge on any atom is 0.261 e. The van der Waals surface area contributed by atoms with E-state index < -0.39 is 0 Å². The third kappa shape index (κ3) is 3.71. The normalized spacial score (nSPS) is 17.1. The molecule has 0 radical (unpaired) electrons. The van der Waals surface area contributed by atoms with Gasteiger partial charge in [0, 0.05) is 46.3 Å². The average molecular weight is 360 g/mol. The van der Waals surface area contributed by atoms with Crippen LogP contribution in [0.1, 0.15) is 23.2 Å².